The van der Waals surface area contributed by atoms with Crippen molar-refractivity contribution in [3.63, 3.8) is 0 Å². The molecule has 1 aromatic rings. The van der Waals surface area contributed by atoms with E-state index in [1.54, 1.807) is 0 Å². The van der Waals surface area contributed by atoms with Gasteiger partial charge in [-0.2, -0.15) is 0 Å². The van der Waals surface area contributed by atoms with E-state index in [0.717, 1.165) is 56.1 Å². The van der Waals surface area contributed by atoms with Crippen LogP contribution < -0.4 is 15.5 Å². The lowest BCUT2D eigenvalue weighted by Gasteiger charge is -2.35. The Labute approximate surface area is 177 Å². The molecule has 0 radical (unpaired) electrons. The summed E-state index contributed by atoms with van der Waals surface area (Å²) in [4.78, 5) is 14.1. The maximum Gasteiger partial charge on any atom is 0.191 e. The van der Waals surface area contributed by atoms with Gasteiger partial charge < -0.3 is 20.4 Å². The first-order valence-electron chi connectivity index (χ1n) is 11.4. The zero-order valence-electron chi connectivity index (χ0n) is 18.8. The van der Waals surface area contributed by atoms with E-state index in [1.807, 2.05) is 13.2 Å². The van der Waals surface area contributed by atoms with Crippen molar-refractivity contribution < 1.29 is 0 Å². The number of nitrogens with zero attached hydrogens (tertiary/aromatic N) is 4. The normalized spacial score (nSPS) is 22.2. The lowest BCUT2D eigenvalue weighted by Crippen LogP contribution is -2.50. The number of hydrogen-bond acceptors (Lipinski definition) is 4. The minimum absolute atomic E-state index is 0.478. The molecule has 0 amide bonds. The predicted octanol–water partition coefficient (Wildman–Crippen LogP) is 2.89. The van der Waals surface area contributed by atoms with Gasteiger partial charge in [-0.05, 0) is 62.6 Å². The Balaban J connectivity index is 1.40. The summed E-state index contributed by atoms with van der Waals surface area (Å²) in [6.07, 6.45) is 6.82. The lowest BCUT2D eigenvalue weighted by molar-refractivity contribution is 0.159. The van der Waals surface area contributed by atoms with Gasteiger partial charge >= 0.3 is 0 Å². The number of likely N-dealkylation sites (tertiary alicyclic amines) is 1. The highest BCUT2D eigenvalue weighted by molar-refractivity contribution is 5.80. The van der Waals surface area contributed by atoms with Crippen LogP contribution in [0.1, 0.15) is 45.1 Å². The molecule has 3 heterocycles. The van der Waals surface area contributed by atoms with Gasteiger partial charge in [-0.15, -0.1) is 0 Å². The molecule has 1 aromatic heterocycles. The second kappa shape index (κ2) is 10.8. The largest absolute Gasteiger partial charge is 0.356 e. The highest BCUT2D eigenvalue weighted by Gasteiger charge is 2.23. The second-order valence-corrected chi connectivity index (χ2v) is 9.21. The summed E-state index contributed by atoms with van der Waals surface area (Å²) in [6, 6.07) is 4.76. The third-order valence-corrected chi connectivity index (χ3v) is 6.06. The number of guanidine groups is 1. The molecule has 2 N–H and O–H groups in total. The molecule has 0 aliphatic carbocycles. The fourth-order valence-electron chi connectivity index (χ4n) is 4.53. The molecule has 1 unspecified atom stereocenters. The van der Waals surface area contributed by atoms with Crippen LogP contribution in [0.15, 0.2) is 23.3 Å². The minimum Gasteiger partial charge on any atom is -0.356 e. The average Bonchev–Trinajstić information content (AvgIpc) is 2.72. The smallest absolute Gasteiger partial charge is 0.191 e. The van der Waals surface area contributed by atoms with Crippen molar-refractivity contribution in [3.05, 3.63) is 23.9 Å². The highest BCUT2D eigenvalue weighted by Crippen LogP contribution is 2.19. The van der Waals surface area contributed by atoms with Gasteiger partial charge in [-0.25, -0.2) is 4.98 Å². The Morgan fingerprint density at radius 1 is 1.21 bits per heavy atom. The molecular weight excluding hydrogens is 360 g/mol. The van der Waals surface area contributed by atoms with Gasteiger partial charge in [-0.1, -0.05) is 19.9 Å². The van der Waals surface area contributed by atoms with Crippen LogP contribution in [-0.4, -0.2) is 68.2 Å². The molecule has 1 atom stereocenters. The Hall–Kier alpha value is -1.82. The van der Waals surface area contributed by atoms with E-state index >= 15 is 0 Å². The Morgan fingerprint density at radius 2 is 2.00 bits per heavy atom. The van der Waals surface area contributed by atoms with E-state index in [9.17, 15) is 0 Å². The van der Waals surface area contributed by atoms with Gasteiger partial charge in [0, 0.05) is 52.0 Å². The number of pyridine rings is 1. The first-order valence-corrected chi connectivity index (χ1v) is 11.4. The van der Waals surface area contributed by atoms with Crippen molar-refractivity contribution in [1.29, 1.82) is 0 Å². The standard InChI is InChI=1S/C23H40N6/c1-18(2)16-28-11-5-6-20(17-28)15-26-23(24-4)27-21-9-12-29(13-10-21)22-8-7-19(3)14-25-22/h7-8,14,18,20-21H,5-6,9-13,15-17H2,1-4H3,(H2,24,26,27). The van der Waals surface area contributed by atoms with E-state index in [4.69, 9.17) is 0 Å². The second-order valence-electron chi connectivity index (χ2n) is 9.21. The van der Waals surface area contributed by atoms with Crippen molar-refractivity contribution in [2.75, 3.05) is 51.2 Å². The molecule has 6 nitrogen and oxygen atoms in total. The maximum absolute atomic E-state index is 4.57. The number of aliphatic imine (C=N–C) groups is 1. The number of hydrogen-bond donors (Lipinski definition) is 2. The fraction of sp³-hybridized carbons (Fsp3) is 0.739. The third-order valence-electron chi connectivity index (χ3n) is 6.06. The summed E-state index contributed by atoms with van der Waals surface area (Å²) >= 11 is 0. The van der Waals surface area contributed by atoms with Crippen LogP contribution in [0.5, 0.6) is 0 Å². The summed E-state index contributed by atoms with van der Waals surface area (Å²) in [6.45, 7) is 13.5. The lowest BCUT2D eigenvalue weighted by atomic mass is 9.97. The van der Waals surface area contributed by atoms with E-state index in [0.29, 0.717) is 6.04 Å². The molecule has 2 fully saturated rings. The number of aryl methyl sites for hydroxylation is 1. The summed E-state index contributed by atoms with van der Waals surface area (Å²) in [7, 11) is 1.88. The topological polar surface area (TPSA) is 55.8 Å². The molecule has 3 rings (SSSR count). The van der Waals surface area contributed by atoms with Gasteiger partial charge in [-0.3, -0.25) is 4.99 Å². The number of anilines is 1. The van der Waals surface area contributed by atoms with Gasteiger partial charge in [0.2, 0.25) is 0 Å². The SMILES string of the molecule is CN=C(NCC1CCCN(CC(C)C)C1)NC1CCN(c2ccc(C)cn2)CC1. The molecule has 2 saturated heterocycles. The Morgan fingerprint density at radius 3 is 2.66 bits per heavy atom. The van der Waals surface area contributed by atoms with Gasteiger partial charge in [0.1, 0.15) is 5.82 Å². The van der Waals surface area contributed by atoms with Crippen molar-refractivity contribution in [1.82, 2.24) is 20.5 Å². The first kappa shape index (κ1) is 21.9. The molecule has 162 valence electrons. The molecular formula is C23H40N6. The van der Waals surface area contributed by atoms with Crippen LogP contribution in [0.2, 0.25) is 0 Å². The quantitative estimate of drug-likeness (QED) is 0.568. The molecule has 0 bridgehead atoms. The fourth-order valence-corrected chi connectivity index (χ4v) is 4.53. The van der Waals surface area contributed by atoms with Crippen LogP contribution in [0.4, 0.5) is 5.82 Å². The van der Waals surface area contributed by atoms with Gasteiger partial charge in [0.25, 0.3) is 0 Å². The molecule has 6 heteroatoms. The molecule has 2 aliphatic rings. The minimum atomic E-state index is 0.478. The number of piperidine rings is 2. The summed E-state index contributed by atoms with van der Waals surface area (Å²) in [5, 5.41) is 7.24. The molecule has 0 saturated carbocycles. The van der Waals surface area contributed by atoms with Crippen LogP contribution in [0.3, 0.4) is 0 Å². The zero-order chi connectivity index (χ0) is 20.6. The molecule has 29 heavy (non-hydrogen) atoms. The molecule has 0 aromatic carbocycles. The van der Waals surface area contributed by atoms with E-state index in [2.05, 4.69) is 63.3 Å². The van der Waals surface area contributed by atoms with Crippen molar-refractivity contribution in [2.45, 2.75) is 52.5 Å². The Bertz CT molecular complexity index is 633. The van der Waals surface area contributed by atoms with Crippen LogP contribution in [0.25, 0.3) is 0 Å². The van der Waals surface area contributed by atoms with Crippen LogP contribution in [0, 0.1) is 18.8 Å². The summed E-state index contributed by atoms with van der Waals surface area (Å²) in [5.74, 6) is 3.52. The highest BCUT2D eigenvalue weighted by atomic mass is 15.2. The average molecular weight is 401 g/mol. The van der Waals surface area contributed by atoms with Crippen LogP contribution >= 0.6 is 0 Å². The van der Waals surface area contributed by atoms with Crippen molar-refractivity contribution >= 4 is 11.8 Å². The van der Waals surface area contributed by atoms with E-state index in [-0.39, 0.29) is 0 Å². The van der Waals surface area contributed by atoms with Crippen molar-refractivity contribution in [3.8, 4) is 0 Å². The van der Waals surface area contributed by atoms with Crippen LogP contribution in [-0.2, 0) is 0 Å². The monoisotopic (exact) mass is 400 g/mol. The maximum atomic E-state index is 4.57. The summed E-state index contributed by atoms with van der Waals surface area (Å²) < 4.78 is 0. The number of rotatable bonds is 6. The van der Waals surface area contributed by atoms with Crippen molar-refractivity contribution in [2.24, 2.45) is 16.8 Å². The molecule has 0 spiro atoms. The predicted molar refractivity (Wildman–Crippen MR) is 123 cm³/mol. The number of nitrogens with one attached hydrogen (secondary N) is 2. The van der Waals surface area contributed by atoms with E-state index < -0.39 is 0 Å². The molecule has 2 aliphatic heterocycles. The zero-order valence-corrected chi connectivity index (χ0v) is 18.8. The van der Waals surface area contributed by atoms with Gasteiger partial charge in [0.15, 0.2) is 5.96 Å². The summed E-state index contributed by atoms with van der Waals surface area (Å²) in [5.41, 5.74) is 1.21. The van der Waals surface area contributed by atoms with Gasteiger partial charge in [0.05, 0.1) is 0 Å². The Kier molecular flexibility index (Phi) is 8.16. The van der Waals surface area contributed by atoms with E-state index in [1.165, 1.54) is 38.0 Å². The number of aromatic nitrogens is 1. The third kappa shape index (κ3) is 6.88. The first-order chi connectivity index (χ1) is 14.0.